The lowest BCUT2D eigenvalue weighted by molar-refractivity contribution is 0.277. The standard InChI is InChI=1S/C13H18N2O/c1-3-13(12(14)16-4-2)8-7-10-6-5-9-15-11(10)13/h5-6,9,14H,3-4,7-8H2,1-2H3. The van der Waals surface area contributed by atoms with E-state index in [-0.39, 0.29) is 5.41 Å². The molecule has 0 fully saturated rings. The second-order valence-corrected chi connectivity index (χ2v) is 4.21. The molecule has 0 saturated heterocycles. The van der Waals surface area contributed by atoms with Crippen LogP contribution in [0.4, 0.5) is 0 Å². The zero-order valence-corrected chi connectivity index (χ0v) is 9.92. The van der Waals surface area contributed by atoms with Crippen LogP contribution in [0.5, 0.6) is 0 Å². The number of fused-ring (bicyclic) bond motifs is 1. The molecule has 0 bridgehead atoms. The van der Waals surface area contributed by atoms with Crippen molar-refractivity contribution in [2.24, 2.45) is 0 Å². The van der Waals surface area contributed by atoms with Gasteiger partial charge in [0.05, 0.1) is 17.7 Å². The minimum atomic E-state index is -0.271. The molecule has 1 heterocycles. The smallest absolute Gasteiger partial charge is 0.192 e. The van der Waals surface area contributed by atoms with E-state index in [4.69, 9.17) is 10.1 Å². The van der Waals surface area contributed by atoms with Crippen molar-refractivity contribution in [2.75, 3.05) is 6.61 Å². The average Bonchev–Trinajstić information content (AvgIpc) is 2.69. The van der Waals surface area contributed by atoms with Crippen LogP contribution in [0.1, 0.15) is 37.9 Å². The summed E-state index contributed by atoms with van der Waals surface area (Å²) >= 11 is 0. The van der Waals surface area contributed by atoms with Gasteiger partial charge in [-0.2, -0.15) is 0 Å². The number of nitrogens with one attached hydrogen (secondary N) is 1. The van der Waals surface area contributed by atoms with Crippen molar-refractivity contribution in [2.45, 2.75) is 38.5 Å². The van der Waals surface area contributed by atoms with Gasteiger partial charge in [0.25, 0.3) is 0 Å². The first-order chi connectivity index (χ1) is 7.74. The lowest BCUT2D eigenvalue weighted by atomic mass is 9.82. The lowest BCUT2D eigenvalue weighted by Crippen LogP contribution is -2.35. The molecule has 1 atom stereocenters. The van der Waals surface area contributed by atoms with E-state index in [0.29, 0.717) is 12.5 Å². The molecule has 0 spiro atoms. The Kier molecular flexibility index (Phi) is 2.95. The molecule has 0 aromatic carbocycles. The van der Waals surface area contributed by atoms with E-state index in [1.807, 2.05) is 19.2 Å². The molecule has 2 rings (SSSR count). The minimum Gasteiger partial charge on any atom is -0.481 e. The SMILES string of the molecule is CCOC(=N)C1(CC)CCc2cccnc21. The predicted molar refractivity (Wildman–Crippen MR) is 63.9 cm³/mol. The fourth-order valence-corrected chi connectivity index (χ4v) is 2.55. The van der Waals surface area contributed by atoms with Crippen molar-refractivity contribution in [3.63, 3.8) is 0 Å². The summed E-state index contributed by atoms with van der Waals surface area (Å²) in [5.41, 5.74) is 2.05. The third-order valence-corrected chi connectivity index (χ3v) is 3.49. The number of ether oxygens (including phenoxy) is 1. The van der Waals surface area contributed by atoms with Gasteiger partial charge in [0.15, 0.2) is 5.90 Å². The monoisotopic (exact) mass is 218 g/mol. The molecule has 3 heteroatoms. The number of hydrogen-bond acceptors (Lipinski definition) is 3. The molecular weight excluding hydrogens is 200 g/mol. The van der Waals surface area contributed by atoms with E-state index in [0.717, 1.165) is 25.0 Å². The number of aryl methyl sites for hydroxylation is 1. The van der Waals surface area contributed by atoms with Crippen LogP contribution in [0, 0.1) is 5.41 Å². The van der Waals surface area contributed by atoms with Gasteiger partial charge in [0.2, 0.25) is 0 Å². The quantitative estimate of drug-likeness (QED) is 0.626. The van der Waals surface area contributed by atoms with Crippen LogP contribution in [0.15, 0.2) is 18.3 Å². The van der Waals surface area contributed by atoms with Crippen molar-refractivity contribution < 1.29 is 4.74 Å². The van der Waals surface area contributed by atoms with E-state index in [1.54, 1.807) is 0 Å². The summed E-state index contributed by atoms with van der Waals surface area (Å²) < 4.78 is 5.42. The van der Waals surface area contributed by atoms with Gasteiger partial charge < -0.3 is 4.74 Å². The highest BCUT2D eigenvalue weighted by Gasteiger charge is 2.43. The summed E-state index contributed by atoms with van der Waals surface area (Å²) in [4.78, 5) is 4.47. The van der Waals surface area contributed by atoms with E-state index in [1.165, 1.54) is 5.56 Å². The van der Waals surface area contributed by atoms with Crippen molar-refractivity contribution in [3.8, 4) is 0 Å². The summed E-state index contributed by atoms with van der Waals surface area (Å²) in [6.07, 6.45) is 4.66. The van der Waals surface area contributed by atoms with Gasteiger partial charge in [0, 0.05) is 6.20 Å². The van der Waals surface area contributed by atoms with Crippen LogP contribution in [0.25, 0.3) is 0 Å². The molecule has 86 valence electrons. The van der Waals surface area contributed by atoms with Gasteiger partial charge >= 0.3 is 0 Å². The molecule has 0 radical (unpaired) electrons. The van der Waals surface area contributed by atoms with E-state index < -0.39 is 0 Å². The van der Waals surface area contributed by atoms with Crippen LogP contribution < -0.4 is 0 Å². The van der Waals surface area contributed by atoms with Crippen LogP contribution in [0.2, 0.25) is 0 Å². The Balaban J connectivity index is 2.41. The van der Waals surface area contributed by atoms with E-state index >= 15 is 0 Å². The maximum Gasteiger partial charge on any atom is 0.192 e. The molecule has 1 aliphatic rings. The Bertz CT molecular complexity index is 403. The molecule has 1 aromatic rings. The zero-order valence-electron chi connectivity index (χ0n) is 9.92. The normalized spacial score (nSPS) is 22.9. The third kappa shape index (κ3) is 1.51. The fraction of sp³-hybridized carbons (Fsp3) is 0.538. The topological polar surface area (TPSA) is 46.0 Å². The molecule has 0 saturated carbocycles. The van der Waals surface area contributed by atoms with Crippen molar-refractivity contribution in [3.05, 3.63) is 29.6 Å². The molecule has 0 aliphatic heterocycles. The van der Waals surface area contributed by atoms with Gasteiger partial charge in [-0.25, -0.2) is 0 Å². The van der Waals surface area contributed by atoms with Gasteiger partial charge in [0.1, 0.15) is 0 Å². The first kappa shape index (κ1) is 11.1. The second kappa shape index (κ2) is 4.24. The highest BCUT2D eigenvalue weighted by atomic mass is 16.5. The number of rotatable bonds is 3. The Hall–Kier alpha value is -1.38. The number of hydrogen-bond donors (Lipinski definition) is 1. The largest absolute Gasteiger partial charge is 0.481 e. The maximum atomic E-state index is 8.10. The Morgan fingerprint density at radius 2 is 2.38 bits per heavy atom. The average molecular weight is 218 g/mol. The molecule has 0 amide bonds. The minimum absolute atomic E-state index is 0.271. The highest BCUT2D eigenvalue weighted by molar-refractivity contribution is 5.86. The first-order valence-electron chi connectivity index (χ1n) is 5.90. The lowest BCUT2D eigenvalue weighted by Gasteiger charge is -2.27. The van der Waals surface area contributed by atoms with Gasteiger partial charge in [-0.1, -0.05) is 13.0 Å². The Labute approximate surface area is 96.4 Å². The Morgan fingerprint density at radius 3 is 3.06 bits per heavy atom. The first-order valence-corrected chi connectivity index (χ1v) is 5.90. The van der Waals surface area contributed by atoms with Gasteiger partial charge in [-0.05, 0) is 37.8 Å². The second-order valence-electron chi connectivity index (χ2n) is 4.21. The molecule has 1 N–H and O–H groups in total. The van der Waals surface area contributed by atoms with Crippen molar-refractivity contribution in [1.29, 1.82) is 5.41 Å². The summed E-state index contributed by atoms with van der Waals surface area (Å²) in [7, 11) is 0. The molecule has 16 heavy (non-hydrogen) atoms. The van der Waals surface area contributed by atoms with Crippen molar-refractivity contribution in [1.82, 2.24) is 4.98 Å². The molecule has 1 aliphatic carbocycles. The molecular formula is C13H18N2O. The van der Waals surface area contributed by atoms with E-state index in [9.17, 15) is 0 Å². The molecule has 3 nitrogen and oxygen atoms in total. The highest BCUT2D eigenvalue weighted by Crippen LogP contribution is 2.41. The molecule has 1 unspecified atom stereocenters. The maximum absolute atomic E-state index is 8.10. The predicted octanol–water partition coefficient (Wildman–Crippen LogP) is 2.69. The molecule has 1 aromatic heterocycles. The van der Waals surface area contributed by atoms with E-state index in [2.05, 4.69) is 18.0 Å². The van der Waals surface area contributed by atoms with Crippen LogP contribution in [0.3, 0.4) is 0 Å². The van der Waals surface area contributed by atoms with Gasteiger partial charge in [-0.15, -0.1) is 0 Å². The number of aromatic nitrogens is 1. The Morgan fingerprint density at radius 1 is 1.56 bits per heavy atom. The number of pyridine rings is 1. The van der Waals surface area contributed by atoms with Crippen LogP contribution >= 0.6 is 0 Å². The number of nitrogens with zero attached hydrogens (tertiary/aromatic N) is 1. The summed E-state index contributed by atoms with van der Waals surface area (Å²) in [6, 6.07) is 4.08. The fourth-order valence-electron chi connectivity index (χ4n) is 2.55. The van der Waals surface area contributed by atoms with Crippen LogP contribution in [-0.4, -0.2) is 17.5 Å². The van der Waals surface area contributed by atoms with Crippen LogP contribution in [-0.2, 0) is 16.6 Å². The summed E-state index contributed by atoms with van der Waals surface area (Å²) in [5.74, 6) is 0.384. The summed E-state index contributed by atoms with van der Waals surface area (Å²) in [6.45, 7) is 4.59. The third-order valence-electron chi connectivity index (χ3n) is 3.49. The van der Waals surface area contributed by atoms with Crippen molar-refractivity contribution >= 4 is 5.90 Å². The summed E-state index contributed by atoms with van der Waals surface area (Å²) in [5, 5.41) is 8.10. The zero-order chi connectivity index (χ0) is 11.6. The van der Waals surface area contributed by atoms with Gasteiger partial charge in [-0.3, -0.25) is 10.4 Å².